The minimum Gasteiger partial charge on any atom is -0.478 e. The van der Waals surface area contributed by atoms with Crippen molar-refractivity contribution in [3.05, 3.63) is 29.8 Å². The van der Waals surface area contributed by atoms with Gasteiger partial charge in [-0.25, -0.2) is 13.2 Å². The summed E-state index contributed by atoms with van der Waals surface area (Å²) in [6, 6.07) is 5.67. The molecule has 0 spiro atoms. The second-order valence-electron chi connectivity index (χ2n) is 3.95. The van der Waals surface area contributed by atoms with E-state index in [2.05, 4.69) is 10.3 Å². The van der Waals surface area contributed by atoms with Crippen LogP contribution >= 0.6 is 0 Å². The third-order valence-corrected chi connectivity index (χ3v) is 4.35. The smallest absolute Gasteiger partial charge is 0.335 e. The number of carbonyl (C=O) groups is 1. The van der Waals surface area contributed by atoms with E-state index in [1.54, 1.807) is 0 Å². The number of hydrogen-bond donors (Lipinski definition) is 2. The zero-order chi connectivity index (χ0) is 14.9. The molecule has 9 heteroatoms. The van der Waals surface area contributed by atoms with Crippen LogP contribution in [0.2, 0.25) is 0 Å². The Morgan fingerprint density at radius 1 is 1.35 bits per heavy atom. The molecule has 1 aromatic heterocycles. The fourth-order valence-corrected chi connectivity index (χ4v) is 2.41. The minimum atomic E-state index is -3.55. The van der Waals surface area contributed by atoms with Crippen molar-refractivity contribution in [3.8, 4) is 5.69 Å². The zero-order valence-electron chi connectivity index (χ0n) is 10.5. The molecule has 106 valence electrons. The molecule has 0 radical (unpaired) electrons. The van der Waals surface area contributed by atoms with Gasteiger partial charge in [0.15, 0.2) is 5.82 Å². The van der Waals surface area contributed by atoms with Gasteiger partial charge in [-0.3, -0.25) is 0 Å². The van der Waals surface area contributed by atoms with E-state index in [0.29, 0.717) is 5.69 Å². The lowest BCUT2D eigenvalue weighted by Gasteiger charge is -2.03. The molecular formula is C11H12N4O4S. The highest BCUT2D eigenvalue weighted by Crippen LogP contribution is 2.20. The normalized spacial score (nSPS) is 11.4. The molecule has 0 saturated carbocycles. The van der Waals surface area contributed by atoms with Gasteiger partial charge in [-0.05, 0) is 24.3 Å². The topological polar surface area (TPSA) is 128 Å². The van der Waals surface area contributed by atoms with Crippen LogP contribution in [0.4, 0.5) is 5.82 Å². The fraction of sp³-hybridized carbons (Fsp3) is 0.182. The Morgan fingerprint density at radius 2 is 1.95 bits per heavy atom. The second-order valence-corrected chi connectivity index (χ2v) is 6.14. The molecule has 1 heterocycles. The van der Waals surface area contributed by atoms with E-state index in [0.717, 1.165) is 4.68 Å². The molecule has 0 bridgehead atoms. The Labute approximate surface area is 114 Å². The molecule has 0 fully saturated rings. The van der Waals surface area contributed by atoms with Gasteiger partial charge >= 0.3 is 5.97 Å². The average molecular weight is 296 g/mol. The van der Waals surface area contributed by atoms with Gasteiger partial charge in [-0.2, -0.15) is 4.68 Å². The molecule has 20 heavy (non-hydrogen) atoms. The molecule has 2 rings (SSSR count). The van der Waals surface area contributed by atoms with Crippen LogP contribution in [0.15, 0.2) is 29.3 Å². The van der Waals surface area contributed by atoms with E-state index in [9.17, 15) is 13.2 Å². The van der Waals surface area contributed by atoms with E-state index >= 15 is 0 Å². The largest absolute Gasteiger partial charge is 0.478 e. The minimum absolute atomic E-state index is 0.102. The van der Waals surface area contributed by atoms with Crippen molar-refractivity contribution >= 4 is 21.6 Å². The van der Waals surface area contributed by atoms with Crippen molar-refractivity contribution in [2.75, 3.05) is 11.5 Å². The quantitative estimate of drug-likeness (QED) is 0.832. The van der Waals surface area contributed by atoms with Crippen LogP contribution in [-0.4, -0.2) is 40.2 Å². The Balaban J connectivity index is 2.47. The summed E-state index contributed by atoms with van der Waals surface area (Å²) in [5.41, 5.74) is 6.27. The van der Waals surface area contributed by atoms with E-state index in [1.165, 1.54) is 31.2 Å². The molecule has 3 N–H and O–H groups in total. The molecule has 2 aromatic rings. The average Bonchev–Trinajstić information content (AvgIpc) is 2.81. The van der Waals surface area contributed by atoms with Gasteiger partial charge < -0.3 is 10.8 Å². The second kappa shape index (κ2) is 4.93. The monoisotopic (exact) mass is 296 g/mol. The van der Waals surface area contributed by atoms with Gasteiger partial charge in [-0.15, -0.1) is 5.10 Å². The number of carboxylic acid groups (broad SMARTS) is 1. The van der Waals surface area contributed by atoms with Gasteiger partial charge in [0, 0.05) is 0 Å². The SMILES string of the molecule is CCS(=O)(=O)c1nnn(-c2ccc(C(=O)O)cc2)c1N. The number of sulfone groups is 1. The molecule has 0 atom stereocenters. The number of benzene rings is 1. The summed E-state index contributed by atoms with van der Waals surface area (Å²) in [6.45, 7) is 1.48. The van der Waals surface area contributed by atoms with Crippen LogP contribution in [0.1, 0.15) is 17.3 Å². The van der Waals surface area contributed by atoms with E-state index in [-0.39, 0.29) is 22.2 Å². The zero-order valence-corrected chi connectivity index (χ0v) is 11.3. The van der Waals surface area contributed by atoms with Gasteiger partial charge in [0.05, 0.1) is 17.0 Å². The first kappa shape index (κ1) is 14.0. The number of carboxylic acids is 1. The first-order chi connectivity index (χ1) is 9.36. The van der Waals surface area contributed by atoms with Gasteiger partial charge in [0.25, 0.3) is 0 Å². The highest BCUT2D eigenvalue weighted by Gasteiger charge is 2.22. The third kappa shape index (κ3) is 2.35. The van der Waals surface area contributed by atoms with Crippen molar-refractivity contribution in [2.45, 2.75) is 11.9 Å². The summed E-state index contributed by atoms with van der Waals surface area (Å²) < 4.78 is 24.6. The number of anilines is 1. The number of nitrogens with zero attached hydrogens (tertiary/aromatic N) is 3. The van der Waals surface area contributed by atoms with Gasteiger partial charge in [0.2, 0.25) is 14.9 Å². The van der Waals surface area contributed by atoms with Crippen LogP contribution < -0.4 is 5.73 Å². The van der Waals surface area contributed by atoms with Crippen LogP contribution in [0.3, 0.4) is 0 Å². The third-order valence-electron chi connectivity index (χ3n) is 2.71. The van der Waals surface area contributed by atoms with E-state index in [1.807, 2.05) is 0 Å². The Hall–Kier alpha value is -2.42. The van der Waals surface area contributed by atoms with Crippen molar-refractivity contribution in [1.29, 1.82) is 0 Å². The van der Waals surface area contributed by atoms with Crippen molar-refractivity contribution in [1.82, 2.24) is 15.0 Å². The summed E-state index contributed by atoms with van der Waals surface area (Å²) in [6.07, 6.45) is 0. The molecular weight excluding hydrogens is 284 g/mol. The number of nitrogens with two attached hydrogens (primary N) is 1. The van der Waals surface area contributed by atoms with E-state index in [4.69, 9.17) is 10.8 Å². The Bertz CT molecular complexity index is 749. The fourth-order valence-electron chi connectivity index (χ4n) is 1.57. The summed E-state index contributed by atoms with van der Waals surface area (Å²) in [5, 5.41) is 15.8. The summed E-state index contributed by atoms with van der Waals surface area (Å²) in [5.74, 6) is -1.29. The van der Waals surface area contributed by atoms with Crippen molar-refractivity contribution in [3.63, 3.8) is 0 Å². The molecule has 8 nitrogen and oxygen atoms in total. The standard InChI is InChI=1S/C11H12N4O4S/c1-2-20(18,19)10-9(12)15(14-13-10)8-5-3-7(4-6-8)11(16)17/h3-6H,2,12H2,1H3,(H,16,17). The number of aromatic nitrogens is 3. The summed E-state index contributed by atoms with van der Waals surface area (Å²) >= 11 is 0. The maximum atomic E-state index is 11.7. The highest BCUT2D eigenvalue weighted by atomic mass is 32.2. The van der Waals surface area contributed by atoms with Crippen LogP contribution in [0, 0.1) is 0 Å². The van der Waals surface area contributed by atoms with E-state index < -0.39 is 15.8 Å². The maximum absolute atomic E-state index is 11.7. The van der Waals surface area contributed by atoms with Crippen LogP contribution in [0.5, 0.6) is 0 Å². The lowest BCUT2D eigenvalue weighted by atomic mass is 10.2. The van der Waals surface area contributed by atoms with Crippen LogP contribution in [0.25, 0.3) is 5.69 Å². The number of hydrogen-bond acceptors (Lipinski definition) is 6. The Morgan fingerprint density at radius 3 is 2.45 bits per heavy atom. The van der Waals surface area contributed by atoms with Crippen LogP contribution in [-0.2, 0) is 9.84 Å². The molecule has 0 aliphatic carbocycles. The van der Waals surface area contributed by atoms with Gasteiger partial charge in [0.1, 0.15) is 0 Å². The molecule has 0 aliphatic heterocycles. The molecule has 0 saturated heterocycles. The predicted molar refractivity (Wildman–Crippen MR) is 70.5 cm³/mol. The lowest BCUT2D eigenvalue weighted by molar-refractivity contribution is 0.0697. The number of nitrogen functional groups attached to an aromatic ring is 1. The predicted octanol–water partition coefficient (Wildman–Crippen LogP) is 0.341. The molecule has 0 amide bonds. The van der Waals surface area contributed by atoms with Crippen molar-refractivity contribution < 1.29 is 18.3 Å². The van der Waals surface area contributed by atoms with Crippen molar-refractivity contribution in [2.24, 2.45) is 0 Å². The first-order valence-electron chi connectivity index (χ1n) is 5.64. The number of aromatic carboxylic acids is 1. The first-order valence-corrected chi connectivity index (χ1v) is 7.29. The molecule has 0 unspecified atom stereocenters. The lowest BCUT2D eigenvalue weighted by Crippen LogP contribution is -2.09. The Kier molecular flexibility index (Phi) is 3.45. The molecule has 1 aromatic carbocycles. The highest BCUT2D eigenvalue weighted by molar-refractivity contribution is 7.91. The summed E-state index contributed by atoms with van der Waals surface area (Å²) in [4.78, 5) is 10.8. The summed E-state index contributed by atoms with van der Waals surface area (Å²) in [7, 11) is -3.55. The maximum Gasteiger partial charge on any atom is 0.335 e. The molecule has 0 aliphatic rings. The number of rotatable bonds is 4. The van der Waals surface area contributed by atoms with Gasteiger partial charge in [-0.1, -0.05) is 12.1 Å².